The molecular formula is C23H19NO5. The lowest BCUT2D eigenvalue weighted by molar-refractivity contribution is -0.107. The molecule has 0 fully saturated rings. The molecule has 0 atom stereocenters. The molecule has 1 aliphatic rings. The zero-order chi connectivity index (χ0) is 20.4. The molecule has 1 amide bonds. The summed E-state index contributed by atoms with van der Waals surface area (Å²) < 4.78 is 22.0. The highest BCUT2D eigenvalue weighted by Gasteiger charge is 2.20. The molecule has 6 heteroatoms. The average molecular weight is 389 g/mol. The van der Waals surface area contributed by atoms with Crippen LogP contribution in [0.4, 0.5) is 5.69 Å². The van der Waals surface area contributed by atoms with Crippen molar-refractivity contribution in [3.8, 4) is 46.5 Å². The van der Waals surface area contributed by atoms with Gasteiger partial charge < -0.3 is 23.8 Å². The van der Waals surface area contributed by atoms with Gasteiger partial charge in [-0.1, -0.05) is 24.1 Å². The van der Waals surface area contributed by atoms with E-state index in [0.29, 0.717) is 23.0 Å². The molecule has 0 spiro atoms. The van der Waals surface area contributed by atoms with Crippen LogP contribution < -0.4 is 23.8 Å². The summed E-state index contributed by atoms with van der Waals surface area (Å²) in [6, 6.07) is 13.3. The molecule has 0 saturated carbocycles. The average Bonchev–Trinajstić information content (AvgIpc) is 3.21. The summed E-state index contributed by atoms with van der Waals surface area (Å²) in [7, 11) is 3.29. The standard InChI is InChI=1S/C23H19NO5/c1-4-9-27-20-10-15(6-8-19(20)26-3)17-7-5-16-11-21-22(29-14-28-21)12-18(16)23(17)24(2)13-25/h1,5-8,10-13H,9,14H2,2-3H3. The van der Waals surface area contributed by atoms with Gasteiger partial charge in [0.1, 0.15) is 6.61 Å². The Hall–Kier alpha value is -3.85. The van der Waals surface area contributed by atoms with Crippen molar-refractivity contribution < 1.29 is 23.7 Å². The fraction of sp³-hybridized carbons (Fsp3) is 0.174. The largest absolute Gasteiger partial charge is 0.493 e. The van der Waals surface area contributed by atoms with Crippen LogP contribution in [0.2, 0.25) is 0 Å². The maximum absolute atomic E-state index is 11.7. The Labute approximate surface area is 168 Å². The lowest BCUT2D eigenvalue weighted by Crippen LogP contribution is -2.15. The van der Waals surface area contributed by atoms with Crippen LogP contribution in [0.15, 0.2) is 42.5 Å². The van der Waals surface area contributed by atoms with Gasteiger partial charge in [0.15, 0.2) is 23.0 Å². The quantitative estimate of drug-likeness (QED) is 0.474. The number of fused-ring (bicyclic) bond motifs is 2. The van der Waals surface area contributed by atoms with Crippen LogP contribution in [-0.2, 0) is 4.79 Å². The van der Waals surface area contributed by atoms with Gasteiger partial charge in [-0.15, -0.1) is 6.42 Å². The molecule has 29 heavy (non-hydrogen) atoms. The summed E-state index contributed by atoms with van der Waals surface area (Å²) in [6.07, 6.45) is 6.10. The maximum atomic E-state index is 11.7. The Morgan fingerprint density at radius 1 is 1.14 bits per heavy atom. The van der Waals surface area contributed by atoms with E-state index in [2.05, 4.69) is 5.92 Å². The molecule has 4 rings (SSSR count). The molecule has 146 valence electrons. The van der Waals surface area contributed by atoms with Gasteiger partial charge in [-0.2, -0.15) is 0 Å². The fourth-order valence-electron chi connectivity index (χ4n) is 3.44. The lowest BCUT2D eigenvalue weighted by Gasteiger charge is -2.20. The molecule has 0 unspecified atom stereocenters. The van der Waals surface area contributed by atoms with Crippen LogP contribution in [0, 0.1) is 12.3 Å². The Morgan fingerprint density at radius 3 is 2.66 bits per heavy atom. The van der Waals surface area contributed by atoms with Crippen LogP contribution in [0.25, 0.3) is 21.9 Å². The summed E-state index contributed by atoms with van der Waals surface area (Å²) in [6.45, 7) is 0.313. The highest BCUT2D eigenvalue weighted by atomic mass is 16.7. The van der Waals surface area contributed by atoms with Crippen LogP contribution >= 0.6 is 0 Å². The van der Waals surface area contributed by atoms with Gasteiger partial charge in [-0.3, -0.25) is 4.79 Å². The first-order valence-electron chi connectivity index (χ1n) is 8.95. The van der Waals surface area contributed by atoms with Crippen LogP contribution in [0.5, 0.6) is 23.0 Å². The van der Waals surface area contributed by atoms with E-state index in [1.54, 1.807) is 19.1 Å². The molecule has 0 bridgehead atoms. The molecule has 3 aromatic carbocycles. The van der Waals surface area contributed by atoms with Crippen LogP contribution in [0.1, 0.15) is 0 Å². The number of methoxy groups -OCH3 is 1. The Kier molecular flexibility index (Phi) is 4.88. The van der Waals surface area contributed by atoms with Crippen molar-refractivity contribution in [2.45, 2.75) is 0 Å². The van der Waals surface area contributed by atoms with Crippen LogP contribution in [-0.4, -0.2) is 34.0 Å². The van der Waals surface area contributed by atoms with Crippen molar-refractivity contribution in [2.24, 2.45) is 0 Å². The molecule has 1 aliphatic heterocycles. The minimum Gasteiger partial charge on any atom is -0.493 e. The second kappa shape index (κ2) is 7.64. The topological polar surface area (TPSA) is 57.2 Å². The third-order valence-electron chi connectivity index (χ3n) is 4.78. The van der Waals surface area contributed by atoms with Crippen molar-refractivity contribution in [2.75, 3.05) is 32.5 Å². The molecule has 3 aromatic rings. The van der Waals surface area contributed by atoms with Gasteiger partial charge in [-0.05, 0) is 35.2 Å². The van der Waals surface area contributed by atoms with Gasteiger partial charge in [0.05, 0.1) is 12.8 Å². The first-order chi connectivity index (χ1) is 14.2. The zero-order valence-corrected chi connectivity index (χ0v) is 16.1. The zero-order valence-electron chi connectivity index (χ0n) is 16.1. The Bertz CT molecular complexity index is 1130. The van der Waals surface area contributed by atoms with Gasteiger partial charge in [-0.25, -0.2) is 0 Å². The predicted molar refractivity (Wildman–Crippen MR) is 111 cm³/mol. The minimum absolute atomic E-state index is 0.127. The number of amides is 1. The van der Waals surface area contributed by atoms with E-state index < -0.39 is 0 Å². The fourth-order valence-corrected chi connectivity index (χ4v) is 3.44. The lowest BCUT2D eigenvalue weighted by atomic mass is 9.97. The summed E-state index contributed by atoms with van der Waals surface area (Å²) in [4.78, 5) is 13.2. The number of benzene rings is 3. The summed E-state index contributed by atoms with van der Waals surface area (Å²) in [5, 5.41) is 1.82. The summed E-state index contributed by atoms with van der Waals surface area (Å²) in [5.74, 6) is 4.92. The molecule has 1 heterocycles. The van der Waals surface area contributed by atoms with E-state index in [1.165, 1.54) is 0 Å². The maximum Gasteiger partial charge on any atom is 0.231 e. The number of anilines is 1. The number of terminal acetylenes is 1. The smallest absolute Gasteiger partial charge is 0.231 e. The molecule has 0 N–H and O–H groups in total. The van der Waals surface area contributed by atoms with Crippen molar-refractivity contribution in [1.29, 1.82) is 0 Å². The number of rotatable bonds is 6. The van der Waals surface area contributed by atoms with E-state index >= 15 is 0 Å². The molecule has 0 radical (unpaired) electrons. The molecule has 0 saturated heterocycles. The SMILES string of the molecule is C#CCOc1cc(-c2ccc3cc4c(cc3c2N(C)C=O)OCO4)ccc1OC. The van der Waals surface area contributed by atoms with Crippen molar-refractivity contribution >= 4 is 22.9 Å². The van der Waals surface area contributed by atoms with Crippen molar-refractivity contribution in [3.05, 3.63) is 42.5 Å². The van der Waals surface area contributed by atoms with E-state index in [4.69, 9.17) is 25.4 Å². The third kappa shape index (κ3) is 3.27. The Morgan fingerprint density at radius 2 is 1.93 bits per heavy atom. The van der Waals surface area contributed by atoms with Gasteiger partial charge in [0, 0.05) is 18.0 Å². The minimum atomic E-state index is 0.127. The van der Waals surface area contributed by atoms with E-state index in [9.17, 15) is 4.79 Å². The predicted octanol–water partition coefficient (Wildman–Crippen LogP) is 3.85. The number of hydrogen-bond acceptors (Lipinski definition) is 5. The Balaban J connectivity index is 1.92. The highest BCUT2D eigenvalue weighted by Crippen LogP contribution is 2.44. The van der Waals surface area contributed by atoms with E-state index in [-0.39, 0.29) is 13.4 Å². The van der Waals surface area contributed by atoms with Crippen molar-refractivity contribution in [3.63, 3.8) is 0 Å². The summed E-state index contributed by atoms with van der Waals surface area (Å²) in [5.41, 5.74) is 2.48. The number of ether oxygens (including phenoxy) is 4. The number of carbonyl (C=O) groups excluding carboxylic acids is 1. The normalized spacial score (nSPS) is 11.8. The first-order valence-corrected chi connectivity index (χ1v) is 8.95. The van der Waals surface area contributed by atoms with E-state index in [1.807, 2.05) is 42.5 Å². The third-order valence-corrected chi connectivity index (χ3v) is 4.78. The number of carbonyl (C=O) groups is 1. The van der Waals surface area contributed by atoms with Gasteiger partial charge >= 0.3 is 0 Å². The second-order valence-electron chi connectivity index (χ2n) is 6.46. The monoisotopic (exact) mass is 389 g/mol. The second-order valence-corrected chi connectivity index (χ2v) is 6.46. The van der Waals surface area contributed by atoms with E-state index in [0.717, 1.165) is 34.0 Å². The first kappa shape index (κ1) is 18.5. The highest BCUT2D eigenvalue weighted by molar-refractivity contribution is 6.06. The van der Waals surface area contributed by atoms with Gasteiger partial charge in [0.2, 0.25) is 13.2 Å². The molecular weight excluding hydrogens is 370 g/mol. The number of nitrogens with zero attached hydrogens (tertiary/aromatic N) is 1. The molecule has 0 aromatic heterocycles. The molecule has 6 nitrogen and oxygen atoms in total. The number of hydrogen-bond donors (Lipinski definition) is 0. The van der Waals surface area contributed by atoms with Gasteiger partial charge in [0.25, 0.3) is 0 Å². The van der Waals surface area contributed by atoms with Crippen molar-refractivity contribution in [1.82, 2.24) is 0 Å². The summed E-state index contributed by atoms with van der Waals surface area (Å²) >= 11 is 0. The van der Waals surface area contributed by atoms with Crippen LogP contribution in [0.3, 0.4) is 0 Å². The molecule has 0 aliphatic carbocycles.